The summed E-state index contributed by atoms with van der Waals surface area (Å²) in [6.07, 6.45) is 0.0883. The van der Waals surface area contributed by atoms with Gasteiger partial charge in [-0.3, -0.25) is 9.59 Å². The third-order valence-electron chi connectivity index (χ3n) is 4.08. The Kier molecular flexibility index (Phi) is 9.29. The molecule has 10 nitrogen and oxygen atoms in total. The van der Waals surface area contributed by atoms with Gasteiger partial charge in [-0.25, -0.2) is 28.5 Å². The van der Waals surface area contributed by atoms with Crippen molar-refractivity contribution in [3.63, 3.8) is 0 Å². The summed E-state index contributed by atoms with van der Waals surface area (Å²) < 4.78 is 26.9. The van der Waals surface area contributed by atoms with E-state index >= 15 is 0 Å². The van der Waals surface area contributed by atoms with E-state index in [9.17, 15) is 18.0 Å². The molecule has 172 valence electrons. The van der Waals surface area contributed by atoms with Crippen LogP contribution in [0.5, 0.6) is 0 Å². The Morgan fingerprint density at radius 3 is 2.34 bits per heavy atom. The number of aryl methyl sites for hydroxylation is 2. The monoisotopic (exact) mass is 479 g/mol. The van der Waals surface area contributed by atoms with E-state index in [2.05, 4.69) is 25.2 Å². The van der Waals surface area contributed by atoms with Crippen molar-refractivity contribution in [1.29, 1.82) is 0 Å². The lowest BCUT2D eigenvalue weighted by molar-refractivity contribution is -0.137. The van der Waals surface area contributed by atoms with Crippen LogP contribution in [0.25, 0.3) is 0 Å². The first-order valence-electron chi connectivity index (χ1n) is 9.67. The van der Waals surface area contributed by atoms with Crippen LogP contribution in [-0.2, 0) is 19.6 Å². The van der Waals surface area contributed by atoms with Crippen LogP contribution in [0, 0.1) is 13.8 Å². The summed E-state index contributed by atoms with van der Waals surface area (Å²) in [6, 6.07) is 7.85. The molecule has 32 heavy (non-hydrogen) atoms. The molecule has 2 aromatic rings. The third kappa shape index (κ3) is 8.36. The summed E-state index contributed by atoms with van der Waals surface area (Å²) in [5, 5.41) is 13.2. The first-order valence-corrected chi connectivity index (χ1v) is 12.1. The number of rotatable bonds is 11. The Morgan fingerprint density at radius 2 is 1.75 bits per heavy atom. The fraction of sp³-hybridized carbons (Fsp3) is 0.350. The largest absolute Gasteiger partial charge is 0.481 e. The number of hydrogen-bond acceptors (Lipinski definition) is 8. The van der Waals surface area contributed by atoms with Gasteiger partial charge in [-0.1, -0.05) is 23.9 Å². The molecule has 1 heterocycles. The summed E-state index contributed by atoms with van der Waals surface area (Å²) in [4.78, 5) is 31.1. The molecule has 0 saturated heterocycles. The lowest BCUT2D eigenvalue weighted by atomic mass is 10.1. The number of thioether (sulfide) groups is 1. The van der Waals surface area contributed by atoms with Gasteiger partial charge in [0, 0.05) is 24.4 Å². The molecule has 0 aliphatic rings. The highest BCUT2D eigenvalue weighted by Gasteiger charge is 2.14. The molecule has 0 spiro atoms. The first kappa shape index (κ1) is 25.4. The number of hydrogen-bond donors (Lipinski definition) is 3. The van der Waals surface area contributed by atoms with Crippen LogP contribution in [-0.4, -0.2) is 53.4 Å². The second kappa shape index (κ2) is 11.7. The molecule has 0 atom stereocenters. The summed E-state index contributed by atoms with van der Waals surface area (Å²) in [5.74, 6) is -1.20. The number of sulfonamides is 1. The van der Waals surface area contributed by atoms with Crippen LogP contribution in [0.1, 0.15) is 36.7 Å². The number of aliphatic carboxylic acids is 1. The zero-order valence-corrected chi connectivity index (χ0v) is 19.6. The van der Waals surface area contributed by atoms with E-state index in [1.54, 1.807) is 19.1 Å². The predicted molar refractivity (Wildman–Crippen MR) is 121 cm³/mol. The Labute approximate surface area is 191 Å². The summed E-state index contributed by atoms with van der Waals surface area (Å²) in [7, 11) is -3.73. The molecule has 12 heteroatoms. The van der Waals surface area contributed by atoms with Crippen molar-refractivity contribution in [1.82, 2.24) is 20.1 Å². The van der Waals surface area contributed by atoms with Gasteiger partial charge in [-0.05, 0) is 51.0 Å². The van der Waals surface area contributed by atoms with E-state index in [0.29, 0.717) is 16.4 Å². The number of carboxylic acid groups (broad SMARTS) is 1. The molecule has 0 unspecified atom stereocenters. The average Bonchev–Trinajstić information content (AvgIpc) is 2.73. The van der Waals surface area contributed by atoms with Gasteiger partial charge in [-0.2, -0.15) is 5.10 Å². The van der Waals surface area contributed by atoms with E-state index < -0.39 is 16.0 Å². The van der Waals surface area contributed by atoms with Gasteiger partial charge in [-0.15, -0.1) is 0 Å². The normalized spacial score (nSPS) is 11.9. The van der Waals surface area contributed by atoms with Crippen molar-refractivity contribution in [3.8, 4) is 0 Å². The summed E-state index contributed by atoms with van der Waals surface area (Å²) >= 11 is 1.21. The standard InChI is InChI=1S/C20H25N5O5S2/c1-13-11-14(2)23-20(22-13)31-12-18(26)25-24-15(3)16-6-8-17(9-7-16)32(29,30)21-10-4-5-19(27)28/h6-9,11,21H,4-5,10,12H2,1-3H3,(H,25,26)(H,27,28)/b24-15-. The fourth-order valence-electron chi connectivity index (χ4n) is 2.54. The van der Waals surface area contributed by atoms with Crippen molar-refractivity contribution in [3.05, 3.63) is 47.3 Å². The minimum Gasteiger partial charge on any atom is -0.481 e. The van der Waals surface area contributed by atoms with E-state index in [1.807, 2.05) is 19.9 Å². The average molecular weight is 480 g/mol. The van der Waals surface area contributed by atoms with Crippen LogP contribution >= 0.6 is 11.8 Å². The molecule has 2 rings (SSSR count). The van der Waals surface area contributed by atoms with E-state index in [1.165, 1.54) is 23.9 Å². The molecule has 0 aliphatic heterocycles. The Hall–Kier alpha value is -2.83. The lowest BCUT2D eigenvalue weighted by Crippen LogP contribution is -2.25. The fourth-order valence-corrected chi connectivity index (χ4v) is 4.35. The van der Waals surface area contributed by atoms with Crippen molar-refractivity contribution >= 4 is 39.4 Å². The van der Waals surface area contributed by atoms with E-state index in [4.69, 9.17) is 5.11 Å². The van der Waals surface area contributed by atoms with Crippen molar-refractivity contribution in [2.24, 2.45) is 5.10 Å². The number of carbonyl (C=O) groups is 2. The molecular formula is C20H25N5O5S2. The second-order valence-electron chi connectivity index (χ2n) is 6.87. The molecule has 1 aromatic heterocycles. The van der Waals surface area contributed by atoms with Gasteiger partial charge < -0.3 is 5.11 Å². The number of carboxylic acids is 1. The molecular weight excluding hydrogens is 454 g/mol. The number of aromatic nitrogens is 2. The Bertz CT molecular complexity index is 1080. The molecule has 1 amide bonds. The topological polar surface area (TPSA) is 151 Å². The Morgan fingerprint density at radius 1 is 1.12 bits per heavy atom. The van der Waals surface area contributed by atoms with Gasteiger partial charge in [0.05, 0.1) is 16.4 Å². The number of benzene rings is 1. The van der Waals surface area contributed by atoms with Crippen LogP contribution in [0.3, 0.4) is 0 Å². The van der Waals surface area contributed by atoms with Crippen LogP contribution in [0.15, 0.2) is 45.5 Å². The van der Waals surface area contributed by atoms with E-state index in [-0.39, 0.29) is 35.9 Å². The van der Waals surface area contributed by atoms with Gasteiger partial charge >= 0.3 is 5.97 Å². The minimum atomic E-state index is -3.73. The van der Waals surface area contributed by atoms with Crippen LogP contribution < -0.4 is 10.1 Å². The van der Waals surface area contributed by atoms with Crippen molar-refractivity contribution in [2.75, 3.05) is 12.3 Å². The second-order valence-corrected chi connectivity index (χ2v) is 9.58. The van der Waals surface area contributed by atoms with E-state index in [0.717, 1.165) is 11.4 Å². The SMILES string of the molecule is C/C(=N/NC(=O)CSc1nc(C)cc(C)n1)c1ccc(S(=O)(=O)NCCCC(=O)O)cc1. The zero-order valence-electron chi connectivity index (χ0n) is 18.0. The predicted octanol–water partition coefficient (Wildman–Crippen LogP) is 1.87. The number of amides is 1. The number of carbonyl (C=O) groups excluding carboxylic acids is 1. The maximum Gasteiger partial charge on any atom is 0.303 e. The summed E-state index contributed by atoms with van der Waals surface area (Å²) in [6.45, 7) is 5.44. The molecule has 0 saturated carbocycles. The minimum absolute atomic E-state index is 0.0358. The molecule has 0 radical (unpaired) electrons. The van der Waals surface area contributed by atoms with Gasteiger partial charge in [0.15, 0.2) is 5.16 Å². The van der Waals surface area contributed by atoms with Gasteiger partial charge in [0.2, 0.25) is 10.0 Å². The maximum atomic E-state index is 12.2. The molecule has 0 bridgehead atoms. The highest BCUT2D eigenvalue weighted by Crippen LogP contribution is 2.14. The number of nitrogens with zero attached hydrogens (tertiary/aromatic N) is 3. The molecule has 0 fully saturated rings. The molecule has 0 aliphatic carbocycles. The maximum absolute atomic E-state index is 12.2. The number of hydrazone groups is 1. The quantitative estimate of drug-likeness (QED) is 0.145. The first-order chi connectivity index (χ1) is 15.1. The smallest absolute Gasteiger partial charge is 0.303 e. The van der Waals surface area contributed by atoms with Crippen LogP contribution in [0.2, 0.25) is 0 Å². The van der Waals surface area contributed by atoms with Crippen molar-refractivity contribution < 1.29 is 23.1 Å². The zero-order chi connectivity index (χ0) is 23.7. The van der Waals surface area contributed by atoms with Gasteiger partial charge in [0.1, 0.15) is 0 Å². The van der Waals surface area contributed by atoms with Crippen molar-refractivity contribution in [2.45, 2.75) is 43.7 Å². The lowest BCUT2D eigenvalue weighted by Gasteiger charge is -2.07. The molecule has 3 N–H and O–H groups in total. The number of nitrogens with one attached hydrogen (secondary N) is 2. The third-order valence-corrected chi connectivity index (χ3v) is 6.41. The summed E-state index contributed by atoms with van der Waals surface area (Å²) in [5.41, 5.74) is 5.26. The van der Waals surface area contributed by atoms with Gasteiger partial charge in [0.25, 0.3) is 5.91 Å². The highest BCUT2D eigenvalue weighted by molar-refractivity contribution is 7.99. The van der Waals surface area contributed by atoms with Crippen LogP contribution in [0.4, 0.5) is 0 Å². The highest BCUT2D eigenvalue weighted by atomic mass is 32.2. The molecule has 1 aromatic carbocycles. The Balaban J connectivity index is 1.89.